The van der Waals surface area contributed by atoms with Crippen LogP contribution in [0, 0.1) is 5.82 Å². The van der Waals surface area contributed by atoms with Crippen LogP contribution < -0.4 is 4.74 Å². The van der Waals surface area contributed by atoms with Gasteiger partial charge in [0.2, 0.25) is 0 Å². The highest BCUT2D eigenvalue weighted by molar-refractivity contribution is 5.91. The molecule has 0 saturated heterocycles. The number of aromatic nitrogens is 2. The quantitative estimate of drug-likeness (QED) is 0.901. The number of carboxylic acids is 1. The number of aryl methyl sites for hydroxylation is 1. The predicted octanol–water partition coefficient (Wildman–Crippen LogP) is 2.92. The standard InChI is InChI=1S/C13H13FN2O3/c1-2-6-16-8-9(7-15-16)19-11-5-3-4-10(14)12(11)13(17)18/h3-5,7-8H,2,6H2,1H3,(H,17,18). The third kappa shape index (κ3) is 2.90. The van der Waals surface area contributed by atoms with Crippen LogP contribution in [0.15, 0.2) is 30.6 Å². The summed E-state index contributed by atoms with van der Waals surface area (Å²) in [6.07, 6.45) is 4.02. The number of ether oxygens (including phenoxy) is 1. The average molecular weight is 264 g/mol. The molecule has 0 bridgehead atoms. The number of hydrogen-bond acceptors (Lipinski definition) is 3. The van der Waals surface area contributed by atoms with Gasteiger partial charge in [0.05, 0.1) is 12.4 Å². The van der Waals surface area contributed by atoms with Gasteiger partial charge in [-0.05, 0) is 18.6 Å². The van der Waals surface area contributed by atoms with Gasteiger partial charge in [-0.3, -0.25) is 4.68 Å². The molecule has 19 heavy (non-hydrogen) atoms. The molecule has 0 aliphatic rings. The summed E-state index contributed by atoms with van der Waals surface area (Å²) in [6, 6.07) is 3.88. The summed E-state index contributed by atoms with van der Waals surface area (Å²) in [7, 11) is 0. The molecule has 2 aromatic rings. The van der Waals surface area contributed by atoms with E-state index < -0.39 is 17.3 Å². The SMILES string of the molecule is CCCn1cc(Oc2cccc(F)c2C(=O)O)cn1. The Kier molecular flexibility index (Phi) is 3.79. The zero-order valence-corrected chi connectivity index (χ0v) is 10.3. The Morgan fingerprint density at radius 3 is 3.00 bits per heavy atom. The predicted molar refractivity (Wildman–Crippen MR) is 66.0 cm³/mol. The van der Waals surface area contributed by atoms with E-state index >= 15 is 0 Å². The molecule has 1 aromatic carbocycles. The van der Waals surface area contributed by atoms with E-state index in [1.807, 2.05) is 6.92 Å². The maximum absolute atomic E-state index is 13.4. The second kappa shape index (κ2) is 5.51. The van der Waals surface area contributed by atoms with Gasteiger partial charge in [-0.1, -0.05) is 13.0 Å². The van der Waals surface area contributed by atoms with Crippen LogP contribution in [-0.4, -0.2) is 20.9 Å². The summed E-state index contributed by atoms with van der Waals surface area (Å²) in [4.78, 5) is 11.0. The van der Waals surface area contributed by atoms with Crippen molar-refractivity contribution < 1.29 is 19.0 Å². The van der Waals surface area contributed by atoms with E-state index in [0.29, 0.717) is 5.75 Å². The van der Waals surface area contributed by atoms with Crippen LogP contribution >= 0.6 is 0 Å². The van der Waals surface area contributed by atoms with Gasteiger partial charge in [-0.25, -0.2) is 9.18 Å². The van der Waals surface area contributed by atoms with Crippen LogP contribution in [0.25, 0.3) is 0 Å². The Bertz CT molecular complexity index is 595. The van der Waals surface area contributed by atoms with Crippen molar-refractivity contribution >= 4 is 5.97 Å². The van der Waals surface area contributed by atoms with E-state index in [9.17, 15) is 9.18 Å². The van der Waals surface area contributed by atoms with Gasteiger partial charge < -0.3 is 9.84 Å². The van der Waals surface area contributed by atoms with Crippen LogP contribution in [0.2, 0.25) is 0 Å². The van der Waals surface area contributed by atoms with Gasteiger partial charge in [0.1, 0.15) is 17.1 Å². The highest BCUT2D eigenvalue weighted by Gasteiger charge is 2.17. The van der Waals surface area contributed by atoms with Crippen molar-refractivity contribution in [1.29, 1.82) is 0 Å². The topological polar surface area (TPSA) is 64.3 Å². The van der Waals surface area contributed by atoms with E-state index in [1.165, 1.54) is 18.3 Å². The highest BCUT2D eigenvalue weighted by atomic mass is 19.1. The first-order chi connectivity index (χ1) is 9.11. The number of rotatable bonds is 5. The van der Waals surface area contributed by atoms with Crippen molar-refractivity contribution in [1.82, 2.24) is 9.78 Å². The van der Waals surface area contributed by atoms with Crippen molar-refractivity contribution in [3.63, 3.8) is 0 Å². The van der Waals surface area contributed by atoms with Gasteiger partial charge in [-0.2, -0.15) is 5.10 Å². The first kappa shape index (κ1) is 13.1. The molecular weight excluding hydrogens is 251 g/mol. The molecule has 2 rings (SSSR count). The molecule has 1 heterocycles. The Morgan fingerprint density at radius 1 is 1.53 bits per heavy atom. The number of carboxylic acid groups (broad SMARTS) is 1. The third-order valence-corrected chi connectivity index (χ3v) is 2.48. The van der Waals surface area contributed by atoms with Crippen molar-refractivity contribution in [3.8, 4) is 11.5 Å². The lowest BCUT2D eigenvalue weighted by atomic mass is 10.2. The lowest BCUT2D eigenvalue weighted by Crippen LogP contribution is -2.03. The molecule has 0 saturated carbocycles. The summed E-state index contributed by atoms with van der Waals surface area (Å²) in [5, 5.41) is 13.0. The fourth-order valence-corrected chi connectivity index (χ4v) is 1.67. The second-order valence-corrected chi connectivity index (χ2v) is 3.96. The number of aromatic carboxylic acids is 1. The zero-order valence-electron chi connectivity index (χ0n) is 10.3. The smallest absolute Gasteiger partial charge is 0.342 e. The molecule has 0 fully saturated rings. The van der Waals surface area contributed by atoms with E-state index in [2.05, 4.69) is 5.10 Å². The summed E-state index contributed by atoms with van der Waals surface area (Å²) < 4.78 is 20.5. The van der Waals surface area contributed by atoms with Crippen molar-refractivity contribution in [2.45, 2.75) is 19.9 Å². The molecule has 5 nitrogen and oxygen atoms in total. The average Bonchev–Trinajstić information content (AvgIpc) is 2.76. The molecule has 0 amide bonds. The molecule has 0 spiro atoms. The van der Waals surface area contributed by atoms with Crippen LogP contribution in [0.1, 0.15) is 23.7 Å². The number of benzene rings is 1. The van der Waals surface area contributed by atoms with Gasteiger partial charge in [0, 0.05) is 6.54 Å². The van der Waals surface area contributed by atoms with Gasteiger partial charge in [-0.15, -0.1) is 0 Å². The van der Waals surface area contributed by atoms with Gasteiger partial charge >= 0.3 is 5.97 Å². The van der Waals surface area contributed by atoms with E-state index in [0.717, 1.165) is 19.0 Å². The van der Waals surface area contributed by atoms with E-state index in [-0.39, 0.29) is 5.75 Å². The molecule has 1 aromatic heterocycles. The van der Waals surface area contributed by atoms with Crippen LogP contribution in [0.4, 0.5) is 4.39 Å². The molecule has 0 aliphatic carbocycles. The van der Waals surface area contributed by atoms with Crippen LogP contribution in [0.5, 0.6) is 11.5 Å². The minimum absolute atomic E-state index is 0.0384. The fraction of sp³-hybridized carbons (Fsp3) is 0.231. The molecule has 0 atom stereocenters. The first-order valence-electron chi connectivity index (χ1n) is 5.84. The third-order valence-electron chi connectivity index (χ3n) is 2.48. The van der Waals surface area contributed by atoms with E-state index in [4.69, 9.17) is 9.84 Å². The Balaban J connectivity index is 2.27. The summed E-state index contributed by atoms with van der Waals surface area (Å²) in [5.74, 6) is -1.86. The van der Waals surface area contributed by atoms with Gasteiger partial charge in [0.15, 0.2) is 5.75 Å². The minimum Gasteiger partial charge on any atom is -0.477 e. The number of carbonyl (C=O) groups is 1. The molecule has 100 valence electrons. The molecule has 0 aliphatic heterocycles. The fourth-order valence-electron chi connectivity index (χ4n) is 1.67. The summed E-state index contributed by atoms with van der Waals surface area (Å²) in [6.45, 7) is 2.75. The highest BCUT2D eigenvalue weighted by Crippen LogP contribution is 2.26. The minimum atomic E-state index is -1.37. The lowest BCUT2D eigenvalue weighted by Gasteiger charge is -2.07. The number of nitrogens with zero attached hydrogens (tertiary/aromatic N) is 2. The summed E-state index contributed by atoms with van der Waals surface area (Å²) >= 11 is 0. The Morgan fingerprint density at radius 2 is 2.32 bits per heavy atom. The van der Waals surface area contributed by atoms with Crippen molar-refractivity contribution in [2.75, 3.05) is 0 Å². The second-order valence-electron chi connectivity index (χ2n) is 3.96. The molecule has 0 unspecified atom stereocenters. The molecule has 6 heteroatoms. The number of hydrogen-bond donors (Lipinski definition) is 1. The zero-order chi connectivity index (χ0) is 13.8. The Hall–Kier alpha value is -2.37. The van der Waals surface area contributed by atoms with Gasteiger partial charge in [0.25, 0.3) is 0 Å². The maximum Gasteiger partial charge on any atom is 0.342 e. The van der Waals surface area contributed by atoms with E-state index in [1.54, 1.807) is 10.9 Å². The molecule has 0 radical (unpaired) electrons. The van der Waals surface area contributed by atoms with Crippen LogP contribution in [-0.2, 0) is 6.54 Å². The molecule has 1 N–H and O–H groups in total. The monoisotopic (exact) mass is 264 g/mol. The largest absolute Gasteiger partial charge is 0.477 e. The number of halogens is 1. The lowest BCUT2D eigenvalue weighted by molar-refractivity contribution is 0.0689. The molecular formula is C13H13FN2O3. The maximum atomic E-state index is 13.4. The normalized spacial score (nSPS) is 10.4. The van der Waals surface area contributed by atoms with Crippen molar-refractivity contribution in [2.24, 2.45) is 0 Å². The van der Waals surface area contributed by atoms with Crippen molar-refractivity contribution in [3.05, 3.63) is 42.0 Å². The Labute approximate surface area is 109 Å². The first-order valence-corrected chi connectivity index (χ1v) is 5.84. The summed E-state index contributed by atoms with van der Waals surface area (Å²) in [5.41, 5.74) is -0.481. The van der Waals surface area contributed by atoms with Crippen LogP contribution in [0.3, 0.4) is 0 Å².